The number of carbonyl (C=O) groups is 2. The number of aliphatic carboxylic acids is 1. The number of rotatable bonds is 5. The van der Waals surface area contributed by atoms with E-state index in [-0.39, 0.29) is 21.3 Å². The highest BCUT2D eigenvalue weighted by Gasteiger charge is 2.40. The highest BCUT2D eigenvalue weighted by Crippen LogP contribution is 2.30. The molecule has 160 valence electrons. The molecule has 3 aromatic rings. The Kier molecular flexibility index (Phi) is 5.25. The van der Waals surface area contributed by atoms with Gasteiger partial charge in [-0.3, -0.25) is 9.52 Å². The van der Waals surface area contributed by atoms with Crippen molar-refractivity contribution in [1.82, 2.24) is 4.90 Å². The topological polar surface area (TPSA) is 136 Å². The number of Topliss-reactive ketones (excluding diaryl/α,β-unsaturated/α-hetero) is 1. The Morgan fingerprint density at radius 1 is 1.16 bits per heavy atom. The fraction of sp³-hybridized carbons (Fsp3) is 0.150. The Bertz CT molecular complexity index is 1330. The minimum atomic E-state index is -3.97. The van der Waals surface area contributed by atoms with E-state index < -0.39 is 34.0 Å². The molecule has 3 N–H and O–H groups in total. The Hall–Kier alpha value is -3.28. The minimum Gasteiger partial charge on any atom is -0.479 e. The van der Waals surface area contributed by atoms with Crippen LogP contribution in [-0.4, -0.2) is 60.4 Å². The number of carbonyl (C=O) groups excluding carboxylic acids is 1. The molecule has 9 nitrogen and oxygen atoms in total. The number of anilines is 1. The van der Waals surface area contributed by atoms with Gasteiger partial charge in [-0.1, -0.05) is 30.3 Å². The summed E-state index contributed by atoms with van der Waals surface area (Å²) in [6, 6.07) is 11.8. The summed E-state index contributed by atoms with van der Waals surface area (Å²) in [5.41, 5.74) is 0.162. The first kappa shape index (κ1) is 21.0. The van der Waals surface area contributed by atoms with Gasteiger partial charge in [-0.05, 0) is 34.4 Å². The number of sulfonamides is 1. The Balaban J connectivity index is 1.71. The van der Waals surface area contributed by atoms with Crippen LogP contribution in [0.3, 0.4) is 0 Å². The maximum Gasteiger partial charge on any atom is 0.336 e. The van der Waals surface area contributed by atoms with Crippen molar-refractivity contribution < 1.29 is 28.2 Å². The van der Waals surface area contributed by atoms with E-state index in [1.807, 2.05) is 18.2 Å². The summed E-state index contributed by atoms with van der Waals surface area (Å²) in [5, 5.41) is 22.6. The normalized spacial score (nSPS) is 19.4. The predicted molar refractivity (Wildman–Crippen MR) is 116 cm³/mol. The van der Waals surface area contributed by atoms with E-state index in [9.17, 15) is 28.2 Å². The smallest absolute Gasteiger partial charge is 0.336 e. The number of hydrogen-bond acceptors (Lipinski definition) is 8. The second-order valence-corrected chi connectivity index (χ2v) is 9.46. The largest absolute Gasteiger partial charge is 0.479 e. The maximum absolute atomic E-state index is 13.0. The minimum absolute atomic E-state index is 0.00529. The Labute approximate surface area is 181 Å². The van der Waals surface area contributed by atoms with Crippen LogP contribution < -0.4 is 4.72 Å². The number of benzene rings is 2. The van der Waals surface area contributed by atoms with Gasteiger partial charge in [0.05, 0.1) is 15.5 Å². The molecule has 0 radical (unpaired) electrons. The zero-order valence-corrected chi connectivity index (χ0v) is 17.7. The third-order valence-electron chi connectivity index (χ3n) is 4.85. The van der Waals surface area contributed by atoms with Crippen LogP contribution in [0.4, 0.5) is 5.69 Å². The summed E-state index contributed by atoms with van der Waals surface area (Å²) in [5.74, 6) is -2.45. The van der Waals surface area contributed by atoms with Gasteiger partial charge in [0, 0.05) is 7.05 Å². The predicted octanol–water partition coefficient (Wildman–Crippen LogP) is 1.73. The van der Waals surface area contributed by atoms with Gasteiger partial charge in [0.2, 0.25) is 11.8 Å². The van der Waals surface area contributed by atoms with Gasteiger partial charge in [0.25, 0.3) is 10.0 Å². The first-order valence-electron chi connectivity index (χ1n) is 9.04. The molecule has 1 aromatic heterocycles. The van der Waals surface area contributed by atoms with Crippen LogP contribution in [-0.2, 0) is 19.6 Å². The Morgan fingerprint density at radius 2 is 1.87 bits per heavy atom. The van der Waals surface area contributed by atoms with Gasteiger partial charge in [0.1, 0.15) is 5.84 Å². The molecule has 0 fully saturated rings. The lowest BCUT2D eigenvalue weighted by Crippen LogP contribution is -2.53. The van der Waals surface area contributed by atoms with Crippen LogP contribution in [0.2, 0.25) is 0 Å². The van der Waals surface area contributed by atoms with Crippen molar-refractivity contribution in [3.05, 3.63) is 58.8 Å². The fourth-order valence-corrected chi connectivity index (χ4v) is 5.28. The van der Waals surface area contributed by atoms with Crippen molar-refractivity contribution in [3.8, 4) is 0 Å². The van der Waals surface area contributed by atoms with Crippen molar-refractivity contribution in [2.45, 2.75) is 17.2 Å². The van der Waals surface area contributed by atoms with Crippen LogP contribution in [0.1, 0.15) is 4.88 Å². The van der Waals surface area contributed by atoms with E-state index in [1.54, 1.807) is 23.6 Å². The number of nitrogens with one attached hydrogen (secondary N) is 1. The zero-order chi connectivity index (χ0) is 22.3. The lowest BCUT2D eigenvalue weighted by Gasteiger charge is -2.31. The number of hydrogen-bond donors (Lipinski definition) is 3. The van der Waals surface area contributed by atoms with Crippen LogP contribution in [0.25, 0.3) is 10.8 Å². The van der Waals surface area contributed by atoms with E-state index in [2.05, 4.69) is 9.71 Å². The van der Waals surface area contributed by atoms with Gasteiger partial charge >= 0.3 is 5.97 Å². The van der Waals surface area contributed by atoms with E-state index in [1.165, 1.54) is 19.2 Å². The molecule has 0 bridgehead atoms. The molecule has 0 aliphatic carbocycles. The molecule has 0 saturated heterocycles. The van der Waals surface area contributed by atoms with E-state index in [0.717, 1.165) is 27.0 Å². The number of carboxylic acids is 1. The number of amidine groups is 1. The van der Waals surface area contributed by atoms with E-state index in [0.29, 0.717) is 0 Å². The molecule has 0 saturated carbocycles. The molecule has 2 heterocycles. The molecule has 31 heavy (non-hydrogen) atoms. The van der Waals surface area contributed by atoms with Gasteiger partial charge in [-0.2, -0.15) is 0 Å². The summed E-state index contributed by atoms with van der Waals surface area (Å²) in [7, 11) is -2.59. The quantitative estimate of drug-likeness (QED) is 0.494. The third-order valence-corrected chi connectivity index (χ3v) is 7.13. The molecule has 4 rings (SSSR count). The second kappa shape index (κ2) is 7.76. The van der Waals surface area contributed by atoms with Crippen molar-refractivity contribution >= 4 is 55.4 Å². The summed E-state index contributed by atoms with van der Waals surface area (Å²) >= 11 is 1.10. The van der Waals surface area contributed by atoms with Crippen LogP contribution >= 0.6 is 11.3 Å². The van der Waals surface area contributed by atoms with Gasteiger partial charge in [-0.25, -0.2) is 18.2 Å². The summed E-state index contributed by atoms with van der Waals surface area (Å²) in [6.07, 6.45) is -1.71. The van der Waals surface area contributed by atoms with Gasteiger partial charge in [0.15, 0.2) is 6.23 Å². The Morgan fingerprint density at radius 3 is 2.58 bits per heavy atom. The molecule has 2 unspecified atom stereocenters. The molecular formula is C20H17N3O6S2. The number of aliphatic hydroxyl groups excluding tert-OH is 1. The standard InChI is InChI=1S/C20H17N3O6S2/c1-23-18(21-15(20(26)27)16(24)19(23)25)17-14(8-9-30-17)22-31(28,29)13-7-6-11-4-2-3-5-12(11)10-13/h2-10,15,19,22,25H,1H3,(H,26,27). The van der Waals surface area contributed by atoms with Crippen LogP contribution in [0.15, 0.2) is 63.8 Å². The van der Waals surface area contributed by atoms with Crippen LogP contribution in [0, 0.1) is 0 Å². The molecule has 1 aliphatic rings. The molecule has 0 spiro atoms. The SMILES string of the molecule is CN1C(c2sccc2NS(=O)(=O)c2ccc3ccccc3c2)=NC(C(=O)O)C(=O)C1O. The van der Waals surface area contributed by atoms with Crippen molar-refractivity contribution in [2.24, 2.45) is 4.99 Å². The zero-order valence-electron chi connectivity index (χ0n) is 16.1. The third kappa shape index (κ3) is 3.78. The fourth-order valence-electron chi connectivity index (χ4n) is 3.22. The second-order valence-electron chi connectivity index (χ2n) is 6.86. The number of aliphatic hydroxyl groups is 1. The maximum atomic E-state index is 13.0. The lowest BCUT2D eigenvalue weighted by molar-refractivity contribution is -0.148. The summed E-state index contributed by atoms with van der Waals surface area (Å²) in [6.45, 7) is 0. The average molecular weight is 460 g/mol. The molecule has 1 aliphatic heterocycles. The first-order chi connectivity index (χ1) is 14.7. The molecular weight excluding hydrogens is 442 g/mol. The van der Waals surface area contributed by atoms with E-state index >= 15 is 0 Å². The highest BCUT2D eigenvalue weighted by atomic mass is 32.2. The highest BCUT2D eigenvalue weighted by molar-refractivity contribution is 7.92. The summed E-state index contributed by atoms with van der Waals surface area (Å²) < 4.78 is 28.5. The number of ketones is 1. The number of thiophene rings is 1. The van der Waals surface area contributed by atoms with E-state index in [4.69, 9.17) is 0 Å². The number of nitrogens with zero attached hydrogens (tertiary/aromatic N) is 2. The molecule has 11 heteroatoms. The van der Waals surface area contributed by atoms with Crippen molar-refractivity contribution in [3.63, 3.8) is 0 Å². The average Bonchev–Trinajstić information content (AvgIpc) is 3.18. The number of fused-ring (bicyclic) bond motifs is 1. The molecule has 2 atom stereocenters. The number of aliphatic imine (C=N–C) groups is 1. The molecule has 2 aromatic carbocycles. The van der Waals surface area contributed by atoms with Gasteiger partial charge < -0.3 is 15.1 Å². The summed E-state index contributed by atoms with van der Waals surface area (Å²) in [4.78, 5) is 28.8. The first-order valence-corrected chi connectivity index (χ1v) is 11.4. The van der Waals surface area contributed by atoms with Crippen LogP contribution in [0.5, 0.6) is 0 Å². The van der Waals surface area contributed by atoms with Gasteiger partial charge in [-0.15, -0.1) is 11.3 Å². The van der Waals surface area contributed by atoms with Crippen molar-refractivity contribution in [2.75, 3.05) is 11.8 Å². The molecule has 0 amide bonds. The van der Waals surface area contributed by atoms with Crippen molar-refractivity contribution in [1.29, 1.82) is 0 Å². The monoisotopic (exact) mass is 459 g/mol. The lowest BCUT2D eigenvalue weighted by atomic mass is 10.1. The number of carboxylic acid groups (broad SMARTS) is 1. The number of likely N-dealkylation sites (N-methyl/N-ethyl adjacent to an activating group) is 1.